The number of amides is 1. The second-order valence-corrected chi connectivity index (χ2v) is 9.68. The van der Waals surface area contributed by atoms with Gasteiger partial charge in [0, 0.05) is 37.1 Å². The van der Waals surface area contributed by atoms with Gasteiger partial charge in [0.15, 0.2) is 6.10 Å². The molecule has 1 heterocycles. The number of esters is 1. The average Bonchev–Trinajstić information content (AvgIpc) is 3.32. The number of benzene rings is 2. The van der Waals surface area contributed by atoms with E-state index < -0.39 is 29.1 Å². The summed E-state index contributed by atoms with van der Waals surface area (Å²) in [7, 11) is 0. The molecule has 0 N–H and O–H groups in total. The second-order valence-electron chi connectivity index (χ2n) is 9.68. The minimum Gasteiger partial charge on any atom is -0.466 e. The Bertz CT molecular complexity index is 1240. The zero-order valence-electron chi connectivity index (χ0n) is 23.3. The van der Waals surface area contributed by atoms with Crippen molar-refractivity contribution in [3.8, 4) is 5.75 Å². The Labute approximate surface area is 242 Å². The van der Waals surface area contributed by atoms with Crippen LogP contribution < -0.4 is 4.74 Å². The quantitative estimate of drug-likeness (QED) is 0.0590. The highest BCUT2D eigenvalue weighted by Gasteiger charge is 2.43. The van der Waals surface area contributed by atoms with Gasteiger partial charge in [-0.05, 0) is 44.4 Å². The predicted octanol–water partition coefficient (Wildman–Crippen LogP) is 6.33. The van der Waals surface area contributed by atoms with Crippen molar-refractivity contribution < 1.29 is 42.3 Å². The van der Waals surface area contributed by atoms with E-state index in [4.69, 9.17) is 14.2 Å². The number of alkyl halides is 2. The molecule has 0 saturated carbocycles. The number of non-ortho nitro benzene ring substituents is 1. The first kappa shape index (κ1) is 32.2. The maximum atomic E-state index is 15.6. The molecule has 226 valence electrons. The number of nitrogens with zero attached hydrogens (tertiary/aromatic N) is 2. The first-order chi connectivity index (χ1) is 20.1. The summed E-state index contributed by atoms with van der Waals surface area (Å²) in [4.78, 5) is 48.3. The molecule has 1 aliphatic rings. The third kappa shape index (κ3) is 9.35. The Morgan fingerprint density at radius 1 is 1.10 bits per heavy atom. The van der Waals surface area contributed by atoms with Crippen LogP contribution in [0.25, 0.3) is 0 Å². The summed E-state index contributed by atoms with van der Waals surface area (Å²) >= 11 is 0. The van der Waals surface area contributed by atoms with Crippen LogP contribution in [-0.2, 0) is 25.0 Å². The molecule has 3 rings (SSSR count). The summed E-state index contributed by atoms with van der Waals surface area (Å²) < 4.78 is 46.1. The van der Waals surface area contributed by atoms with Crippen LogP contribution in [0.1, 0.15) is 57.4 Å². The number of unbranched alkanes of at least 4 members (excludes halogenated alkanes) is 3. The molecule has 1 aliphatic heterocycles. The van der Waals surface area contributed by atoms with Crippen molar-refractivity contribution in [1.82, 2.24) is 4.90 Å². The molecule has 1 fully saturated rings. The molecular formula is C30H34F2N2O8. The SMILES string of the molecule is CCOC(=O)CCCCCCN1C(=O)CC[C@@H]1/C=C/[C@@H](OC(=O)Oc1ccc([N+](=O)[O-])cc1)C(F)(F)c1ccccc1. The van der Waals surface area contributed by atoms with E-state index in [1.165, 1.54) is 30.3 Å². The molecule has 1 amide bonds. The molecule has 1 saturated heterocycles. The van der Waals surface area contributed by atoms with Gasteiger partial charge in [0.05, 0.1) is 17.6 Å². The third-order valence-corrected chi connectivity index (χ3v) is 6.71. The maximum Gasteiger partial charge on any atom is 0.514 e. The summed E-state index contributed by atoms with van der Waals surface area (Å²) in [5.74, 6) is -4.09. The first-order valence-electron chi connectivity index (χ1n) is 13.8. The fourth-order valence-electron chi connectivity index (χ4n) is 4.53. The predicted molar refractivity (Wildman–Crippen MR) is 148 cm³/mol. The average molecular weight is 589 g/mol. The number of carbonyl (C=O) groups is 3. The van der Waals surface area contributed by atoms with Crippen molar-refractivity contribution in [3.05, 3.63) is 82.4 Å². The molecule has 10 nitrogen and oxygen atoms in total. The van der Waals surface area contributed by atoms with Crippen molar-refractivity contribution in [1.29, 1.82) is 0 Å². The Morgan fingerprint density at radius 2 is 1.79 bits per heavy atom. The summed E-state index contributed by atoms with van der Waals surface area (Å²) in [6, 6.07) is 10.9. The highest BCUT2D eigenvalue weighted by Crippen LogP contribution is 2.35. The molecular weight excluding hydrogens is 554 g/mol. The zero-order valence-corrected chi connectivity index (χ0v) is 23.3. The van der Waals surface area contributed by atoms with Crippen molar-refractivity contribution in [2.24, 2.45) is 0 Å². The van der Waals surface area contributed by atoms with E-state index in [9.17, 15) is 24.5 Å². The van der Waals surface area contributed by atoms with Crippen molar-refractivity contribution in [3.63, 3.8) is 0 Å². The van der Waals surface area contributed by atoms with E-state index in [1.807, 2.05) is 0 Å². The van der Waals surface area contributed by atoms with Crippen LogP contribution in [0.3, 0.4) is 0 Å². The first-order valence-corrected chi connectivity index (χ1v) is 13.8. The maximum absolute atomic E-state index is 15.6. The fraction of sp³-hybridized carbons (Fsp3) is 0.433. The van der Waals surface area contributed by atoms with Crippen LogP contribution in [0.5, 0.6) is 5.75 Å². The number of halogens is 2. The third-order valence-electron chi connectivity index (χ3n) is 6.71. The lowest BCUT2D eigenvalue weighted by Crippen LogP contribution is -2.36. The van der Waals surface area contributed by atoms with Crippen molar-refractivity contribution in [2.75, 3.05) is 13.2 Å². The molecule has 2 aromatic rings. The van der Waals surface area contributed by atoms with Crippen LogP contribution in [0.4, 0.5) is 19.3 Å². The molecule has 2 atom stereocenters. The summed E-state index contributed by atoms with van der Waals surface area (Å²) in [5, 5.41) is 10.8. The van der Waals surface area contributed by atoms with E-state index in [0.29, 0.717) is 38.8 Å². The molecule has 0 bridgehead atoms. The van der Waals surface area contributed by atoms with Crippen molar-refractivity contribution in [2.45, 2.75) is 69.9 Å². The number of carbonyl (C=O) groups excluding carboxylic acids is 3. The lowest BCUT2D eigenvalue weighted by molar-refractivity contribution is -0.384. The van der Waals surface area contributed by atoms with Crippen LogP contribution in [-0.4, -0.2) is 53.2 Å². The molecule has 2 aromatic carbocycles. The lowest BCUT2D eigenvalue weighted by atomic mass is 10.0. The van der Waals surface area contributed by atoms with Crippen LogP contribution in [0, 0.1) is 10.1 Å². The van der Waals surface area contributed by atoms with Gasteiger partial charge in [0.1, 0.15) is 5.75 Å². The normalized spacial score (nSPS) is 15.9. The van der Waals surface area contributed by atoms with Gasteiger partial charge in [-0.3, -0.25) is 19.7 Å². The topological polar surface area (TPSA) is 125 Å². The molecule has 12 heteroatoms. The summed E-state index contributed by atoms with van der Waals surface area (Å²) in [6.07, 6.45) is 3.00. The van der Waals surface area contributed by atoms with Gasteiger partial charge in [-0.15, -0.1) is 0 Å². The lowest BCUT2D eigenvalue weighted by Gasteiger charge is -2.26. The van der Waals surface area contributed by atoms with Crippen molar-refractivity contribution >= 4 is 23.7 Å². The van der Waals surface area contributed by atoms with Gasteiger partial charge in [-0.2, -0.15) is 8.78 Å². The Hall–Kier alpha value is -4.35. The molecule has 0 aliphatic carbocycles. The number of ether oxygens (including phenoxy) is 3. The summed E-state index contributed by atoms with van der Waals surface area (Å²) in [5.41, 5.74) is -0.621. The van der Waals surface area contributed by atoms with E-state index in [1.54, 1.807) is 17.9 Å². The number of rotatable bonds is 15. The van der Waals surface area contributed by atoms with E-state index in [0.717, 1.165) is 43.2 Å². The smallest absolute Gasteiger partial charge is 0.466 e. The van der Waals surface area contributed by atoms with Crippen LogP contribution in [0.15, 0.2) is 66.7 Å². The van der Waals surface area contributed by atoms with Gasteiger partial charge < -0.3 is 19.1 Å². The van der Waals surface area contributed by atoms with Gasteiger partial charge in [0.2, 0.25) is 5.91 Å². The molecule has 0 spiro atoms. The summed E-state index contributed by atoms with van der Waals surface area (Å²) in [6.45, 7) is 2.52. The largest absolute Gasteiger partial charge is 0.514 e. The minimum absolute atomic E-state index is 0.0963. The highest BCUT2D eigenvalue weighted by molar-refractivity contribution is 5.79. The number of hydrogen-bond donors (Lipinski definition) is 0. The monoisotopic (exact) mass is 588 g/mol. The number of nitro benzene ring substituents is 1. The Kier molecular flexibility index (Phi) is 11.9. The number of likely N-dealkylation sites (tertiary alicyclic amines) is 1. The molecule has 0 radical (unpaired) electrons. The minimum atomic E-state index is -3.64. The molecule has 0 aromatic heterocycles. The van der Waals surface area contributed by atoms with Gasteiger partial charge in [-0.1, -0.05) is 49.2 Å². The highest BCUT2D eigenvalue weighted by atomic mass is 19.3. The van der Waals surface area contributed by atoms with E-state index in [-0.39, 0.29) is 35.3 Å². The van der Waals surface area contributed by atoms with E-state index in [2.05, 4.69) is 0 Å². The van der Waals surface area contributed by atoms with Gasteiger partial charge in [0.25, 0.3) is 5.69 Å². The Balaban J connectivity index is 1.66. The van der Waals surface area contributed by atoms with Gasteiger partial charge >= 0.3 is 18.0 Å². The zero-order chi connectivity index (χ0) is 30.5. The van der Waals surface area contributed by atoms with Crippen LogP contribution >= 0.6 is 0 Å². The molecule has 0 unspecified atom stereocenters. The molecule has 42 heavy (non-hydrogen) atoms. The fourth-order valence-corrected chi connectivity index (χ4v) is 4.53. The number of nitro groups is 1. The second kappa shape index (κ2) is 15.6. The Morgan fingerprint density at radius 3 is 2.45 bits per heavy atom. The standard InChI is InChI=1S/C30H34F2N2O8/c1-2-40-28(36)12-8-3-4-9-21-33-23(16-20-27(33)35)15-19-26(30(31,32)22-10-6-5-7-11-22)42-29(37)41-25-17-13-24(14-18-25)34(38)39/h5-7,10-11,13-15,17-19,23,26H,2-4,8-9,12,16,20-21H2,1H3/b19-15+/t23-,26+/m0/s1. The van der Waals surface area contributed by atoms with Gasteiger partial charge in [-0.25, -0.2) is 4.79 Å². The van der Waals surface area contributed by atoms with Crippen LogP contribution in [0.2, 0.25) is 0 Å². The van der Waals surface area contributed by atoms with E-state index >= 15 is 8.78 Å². The number of hydrogen-bond acceptors (Lipinski definition) is 8.